The number of carbonyl (C=O) groups is 1. The van der Waals surface area contributed by atoms with Gasteiger partial charge in [0.25, 0.3) is 0 Å². The Morgan fingerprint density at radius 2 is 1.92 bits per heavy atom. The van der Waals surface area contributed by atoms with Crippen LogP contribution in [0.3, 0.4) is 0 Å². The van der Waals surface area contributed by atoms with Gasteiger partial charge in [0.05, 0.1) is 5.69 Å². The molecule has 1 aliphatic rings. The molecule has 1 amide bonds. The molecular formula is C20H32FN3O. The summed E-state index contributed by atoms with van der Waals surface area (Å²) in [7, 11) is 4.19. The van der Waals surface area contributed by atoms with Gasteiger partial charge >= 0.3 is 0 Å². The number of piperidine rings is 1. The second kappa shape index (κ2) is 8.65. The Bertz CT molecular complexity index is 580. The molecule has 0 unspecified atom stereocenters. The molecule has 0 spiro atoms. The number of nitrogens with one attached hydrogen (secondary N) is 1. The van der Waals surface area contributed by atoms with Crippen LogP contribution in [0.15, 0.2) is 18.2 Å². The van der Waals surface area contributed by atoms with Gasteiger partial charge in [-0.15, -0.1) is 0 Å². The van der Waals surface area contributed by atoms with Gasteiger partial charge in [0.2, 0.25) is 5.91 Å². The first-order valence-corrected chi connectivity index (χ1v) is 9.28. The van der Waals surface area contributed by atoms with Crippen LogP contribution in [0.1, 0.15) is 40.0 Å². The normalized spacial score (nSPS) is 17.2. The largest absolute Gasteiger partial charge is 0.369 e. The van der Waals surface area contributed by atoms with Crippen molar-refractivity contribution in [1.82, 2.24) is 4.90 Å². The maximum atomic E-state index is 14.5. The Kier molecular flexibility index (Phi) is 6.82. The van der Waals surface area contributed by atoms with Crippen LogP contribution in [-0.2, 0) is 4.79 Å². The van der Waals surface area contributed by atoms with Gasteiger partial charge in [0.15, 0.2) is 0 Å². The lowest BCUT2D eigenvalue weighted by Crippen LogP contribution is -2.42. The summed E-state index contributed by atoms with van der Waals surface area (Å²) >= 11 is 0. The van der Waals surface area contributed by atoms with Crippen LogP contribution in [0, 0.1) is 17.7 Å². The Hall–Kier alpha value is -1.62. The Morgan fingerprint density at radius 3 is 2.44 bits per heavy atom. The first-order valence-electron chi connectivity index (χ1n) is 9.28. The second-order valence-corrected chi connectivity index (χ2v) is 7.82. The van der Waals surface area contributed by atoms with Crippen molar-refractivity contribution in [2.75, 3.05) is 37.4 Å². The van der Waals surface area contributed by atoms with Crippen molar-refractivity contribution in [1.29, 1.82) is 0 Å². The molecule has 140 valence electrons. The van der Waals surface area contributed by atoms with E-state index in [0.717, 1.165) is 25.9 Å². The quantitative estimate of drug-likeness (QED) is 0.844. The average Bonchev–Trinajstić information content (AvgIpc) is 2.54. The van der Waals surface area contributed by atoms with Gasteiger partial charge < -0.3 is 15.1 Å². The molecule has 0 bridgehead atoms. The molecule has 5 heteroatoms. The zero-order chi connectivity index (χ0) is 18.6. The minimum Gasteiger partial charge on any atom is -0.369 e. The molecule has 1 aromatic rings. The SMILES string of the molecule is CC(C)[C@@H](C)CC(=O)Nc1ccc(N2CCC(N(C)C)CC2)c(F)c1. The first-order chi connectivity index (χ1) is 11.8. The summed E-state index contributed by atoms with van der Waals surface area (Å²) in [6, 6.07) is 5.59. The summed E-state index contributed by atoms with van der Waals surface area (Å²) in [6.07, 6.45) is 2.54. The summed E-state index contributed by atoms with van der Waals surface area (Å²) in [5.41, 5.74) is 1.16. The Labute approximate surface area is 151 Å². The summed E-state index contributed by atoms with van der Waals surface area (Å²) in [4.78, 5) is 16.4. The van der Waals surface area contributed by atoms with E-state index in [2.05, 4.69) is 50.0 Å². The van der Waals surface area contributed by atoms with Crippen molar-refractivity contribution < 1.29 is 9.18 Å². The molecular weight excluding hydrogens is 317 g/mol. The lowest BCUT2D eigenvalue weighted by molar-refractivity contribution is -0.117. The molecule has 1 N–H and O–H groups in total. The highest BCUT2D eigenvalue weighted by Crippen LogP contribution is 2.27. The summed E-state index contributed by atoms with van der Waals surface area (Å²) in [5.74, 6) is 0.440. The fourth-order valence-electron chi connectivity index (χ4n) is 3.20. The fraction of sp³-hybridized carbons (Fsp3) is 0.650. The van der Waals surface area contributed by atoms with Crippen LogP contribution >= 0.6 is 0 Å². The number of benzene rings is 1. The minimum atomic E-state index is -0.266. The van der Waals surface area contributed by atoms with Crippen molar-refractivity contribution in [2.45, 2.75) is 46.1 Å². The van der Waals surface area contributed by atoms with Crippen LogP contribution in [0.25, 0.3) is 0 Å². The number of halogens is 1. The van der Waals surface area contributed by atoms with Gasteiger partial charge in [-0.2, -0.15) is 0 Å². The van der Waals surface area contributed by atoms with E-state index in [-0.39, 0.29) is 11.7 Å². The van der Waals surface area contributed by atoms with E-state index in [9.17, 15) is 9.18 Å². The molecule has 4 nitrogen and oxygen atoms in total. The zero-order valence-corrected chi connectivity index (χ0v) is 16.2. The molecule has 0 saturated carbocycles. The van der Waals surface area contributed by atoms with E-state index in [1.807, 2.05) is 0 Å². The summed E-state index contributed by atoms with van der Waals surface area (Å²) in [5, 5.41) is 2.82. The van der Waals surface area contributed by atoms with Gasteiger partial charge in [-0.1, -0.05) is 20.8 Å². The van der Waals surface area contributed by atoms with Crippen LogP contribution in [0.2, 0.25) is 0 Å². The van der Waals surface area contributed by atoms with Gasteiger partial charge in [-0.25, -0.2) is 4.39 Å². The molecule has 0 aliphatic carbocycles. The monoisotopic (exact) mass is 349 g/mol. The number of nitrogens with zero attached hydrogens (tertiary/aromatic N) is 2. The topological polar surface area (TPSA) is 35.6 Å². The highest BCUT2D eigenvalue weighted by molar-refractivity contribution is 5.91. The van der Waals surface area contributed by atoms with Crippen LogP contribution < -0.4 is 10.2 Å². The number of anilines is 2. The van der Waals surface area contributed by atoms with E-state index >= 15 is 0 Å². The molecule has 1 heterocycles. The third-order valence-corrected chi connectivity index (χ3v) is 5.41. The lowest BCUT2D eigenvalue weighted by Gasteiger charge is -2.36. The fourth-order valence-corrected chi connectivity index (χ4v) is 3.20. The summed E-state index contributed by atoms with van der Waals surface area (Å²) in [6.45, 7) is 7.98. The minimum absolute atomic E-state index is 0.0554. The number of carbonyl (C=O) groups excluding carboxylic acids is 1. The number of rotatable bonds is 6. The molecule has 1 atom stereocenters. The number of amides is 1. The van der Waals surface area contributed by atoms with Crippen LogP contribution in [-0.4, -0.2) is 44.0 Å². The molecule has 25 heavy (non-hydrogen) atoms. The van der Waals surface area contributed by atoms with E-state index < -0.39 is 0 Å². The van der Waals surface area contributed by atoms with Crippen molar-refractivity contribution in [3.8, 4) is 0 Å². The maximum Gasteiger partial charge on any atom is 0.224 e. The maximum absolute atomic E-state index is 14.5. The smallest absolute Gasteiger partial charge is 0.224 e. The van der Waals surface area contributed by atoms with Gasteiger partial charge in [0.1, 0.15) is 5.82 Å². The Morgan fingerprint density at radius 1 is 1.28 bits per heavy atom. The van der Waals surface area contributed by atoms with Crippen molar-refractivity contribution in [3.63, 3.8) is 0 Å². The molecule has 2 rings (SSSR count). The van der Waals surface area contributed by atoms with E-state index in [4.69, 9.17) is 0 Å². The molecule has 1 fully saturated rings. The van der Waals surface area contributed by atoms with E-state index in [0.29, 0.717) is 35.7 Å². The van der Waals surface area contributed by atoms with E-state index in [1.165, 1.54) is 6.07 Å². The highest BCUT2D eigenvalue weighted by Gasteiger charge is 2.22. The van der Waals surface area contributed by atoms with E-state index in [1.54, 1.807) is 12.1 Å². The lowest BCUT2D eigenvalue weighted by atomic mass is 9.94. The molecule has 1 saturated heterocycles. The van der Waals surface area contributed by atoms with Crippen LogP contribution in [0.4, 0.5) is 15.8 Å². The molecule has 0 aromatic heterocycles. The summed E-state index contributed by atoms with van der Waals surface area (Å²) < 4.78 is 14.5. The predicted octanol–water partition coefficient (Wildman–Crippen LogP) is 3.98. The van der Waals surface area contributed by atoms with Crippen molar-refractivity contribution in [2.24, 2.45) is 11.8 Å². The van der Waals surface area contributed by atoms with Gasteiger partial charge in [0, 0.05) is 31.2 Å². The second-order valence-electron chi connectivity index (χ2n) is 7.82. The van der Waals surface area contributed by atoms with Crippen LogP contribution in [0.5, 0.6) is 0 Å². The molecule has 1 aliphatic heterocycles. The molecule has 0 radical (unpaired) electrons. The predicted molar refractivity (Wildman–Crippen MR) is 103 cm³/mol. The third-order valence-electron chi connectivity index (χ3n) is 5.41. The van der Waals surface area contributed by atoms with Gasteiger partial charge in [-0.3, -0.25) is 4.79 Å². The first kappa shape index (κ1) is 19.7. The zero-order valence-electron chi connectivity index (χ0n) is 16.2. The number of hydrogen-bond acceptors (Lipinski definition) is 3. The average molecular weight is 349 g/mol. The number of hydrogen-bond donors (Lipinski definition) is 1. The van der Waals surface area contributed by atoms with Crippen molar-refractivity contribution >= 4 is 17.3 Å². The van der Waals surface area contributed by atoms with Gasteiger partial charge in [-0.05, 0) is 57.0 Å². The highest BCUT2D eigenvalue weighted by atomic mass is 19.1. The Balaban J connectivity index is 1.95. The standard InChI is InChI=1S/C20H32FN3O/c1-14(2)15(3)12-20(25)22-16-6-7-19(18(21)13-16)24-10-8-17(9-11-24)23(4)5/h6-7,13-15,17H,8-12H2,1-5H3,(H,22,25)/t15-/m0/s1. The molecule has 1 aromatic carbocycles. The third kappa shape index (κ3) is 5.43. The van der Waals surface area contributed by atoms with Crippen molar-refractivity contribution in [3.05, 3.63) is 24.0 Å².